The molecule has 0 saturated carbocycles. The van der Waals surface area contributed by atoms with E-state index >= 15 is 0 Å². The third-order valence-electron chi connectivity index (χ3n) is 4.55. The van der Waals surface area contributed by atoms with E-state index in [1.807, 2.05) is 6.92 Å². The fraction of sp³-hybridized carbons (Fsp3) is 0.471. The van der Waals surface area contributed by atoms with Crippen LogP contribution in [0.5, 0.6) is 0 Å². The maximum atomic E-state index is 12.6. The summed E-state index contributed by atoms with van der Waals surface area (Å²) >= 11 is 6.44. The fourth-order valence-corrected chi connectivity index (χ4v) is 6.23. The Kier molecular flexibility index (Phi) is 6.07. The van der Waals surface area contributed by atoms with Crippen LogP contribution in [0.25, 0.3) is 6.08 Å². The van der Waals surface area contributed by atoms with Gasteiger partial charge in [0.2, 0.25) is 5.91 Å². The number of amides is 2. The van der Waals surface area contributed by atoms with Crippen molar-refractivity contribution >= 4 is 56.0 Å². The van der Waals surface area contributed by atoms with Crippen LogP contribution in [0.15, 0.2) is 27.7 Å². The van der Waals surface area contributed by atoms with Gasteiger partial charge in [0.1, 0.15) is 10.1 Å². The molecule has 1 atom stereocenters. The SMILES string of the molecule is CCN(C(=O)CCN1C(=O)/C(=C\c2ccco2)SC1=S)[C@H]1CCS(=O)(=O)C1. The van der Waals surface area contributed by atoms with E-state index in [4.69, 9.17) is 16.6 Å². The number of nitrogens with zero attached hydrogens (tertiary/aromatic N) is 2. The normalized spacial score (nSPS) is 23.4. The summed E-state index contributed by atoms with van der Waals surface area (Å²) in [7, 11) is -3.06. The van der Waals surface area contributed by atoms with Gasteiger partial charge in [0, 0.05) is 31.6 Å². The second kappa shape index (κ2) is 8.15. The van der Waals surface area contributed by atoms with Crippen LogP contribution >= 0.6 is 24.0 Å². The minimum Gasteiger partial charge on any atom is -0.465 e. The van der Waals surface area contributed by atoms with Crippen LogP contribution in [0.2, 0.25) is 0 Å². The van der Waals surface area contributed by atoms with Gasteiger partial charge in [-0.15, -0.1) is 0 Å². The van der Waals surface area contributed by atoms with Crippen molar-refractivity contribution in [3.8, 4) is 0 Å². The Morgan fingerprint density at radius 1 is 1.52 bits per heavy atom. The molecule has 3 heterocycles. The highest BCUT2D eigenvalue weighted by Gasteiger charge is 2.36. The zero-order valence-electron chi connectivity index (χ0n) is 14.8. The first-order valence-electron chi connectivity index (χ1n) is 8.59. The molecule has 3 rings (SSSR count). The second-order valence-corrected chi connectivity index (χ2v) is 10.2. The molecule has 1 aromatic rings. The molecule has 0 N–H and O–H groups in total. The molecule has 27 heavy (non-hydrogen) atoms. The van der Waals surface area contributed by atoms with Gasteiger partial charge >= 0.3 is 0 Å². The summed E-state index contributed by atoms with van der Waals surface area (Å²) < 4.78 is 29.0. The summed E-state index contributed by atoms with van der Waals surface area (Å²) in [6.45, 7) is 2.44. The molecule has 2 saturated heterocycles. The number of thiocarbonyl (C=S) groups is 1. The van der Waals surface area contributed by atoms with Gasteiger partial charge in [-0.05, 0) is 25.5 Å². The molecule has 0 radical (unpaired) electrons. The predicted octanol–water partition coefficient (Wildman–Crippen LogP) is 1.91. The van der Waals surface area contributed by atoms with Gasteiger partial charge in [-0.1, -0.05) is 24.0 Å². The Hall–Kier alpha value is -1.65. The average Bonchev–Trinajstić information content (AvgIpc) is 3.29. The van der Waals surface area contributed by atoms with Gasteiger partial charge in [-0.3, -0.25) is 14.5 Å². The minimum absolute atomic E-state index is 0.0134. The Bertz CT molecular complexity index is 876. The molecule has 1 aromatic heterocycles. The van der Waals surface area contributed by atoms with Gasteiger partial charge in [-0.25, -0.2) is 8.42 Å². The number of thioether (sulfide) groups is 1. The lowest BCUT2D eigenvalue weighted by Gasteiger charge is -2.27. The van der Waals surface area contributed by atoms with Crippen LogP contribution in [0, 0.1) is 0 Å². The standard InChI is InChI=1S/C17H20N2O5S3/c1-2-18(12-6-9-27(22,23)11-12)15(20)5-7-19-16(21)14(26-17(19)25)10-13-4-3-8-24-13/h3-4,8,10,12H,2,5-7,9,11H2,1H3/b14-10+/t12-/m0/s1. The van der Waals surface area contributed by atoms with E-state index in [1.54, 1.807) is 23.1 Å². The number of carbonyl (C=O) groups excluding carboxylic acids is 2. The molecule has 146 valence electrons. The average molecular weight is 429 g/mol. The van der Waals surface area contributed by atoms with E-state index in [2.05, 4.69) is 0 Å². The van der Waals surface area contributed by atoms with Gasteiger partial charge in [-0.2, -0.15) is 0 Å². The molecule has 0 spiro atoms. The lowest BCUT2D eigenvalue weighted by atomic mass is 10.2. The molecule has 2 aliphatic heterocycles. The number of furan rings is 1. The third kappa shape index (κ3) is 4.61. The van der Waals surface area contributed by atoms with Crippen LogP contribution in [0.1, 0.15) is 25.5 Å². The molecule has 0 aliphatic carbocycles. The van der Waals surface area contributed by atoms with Crippen molar-refractivity contribution in [2.45, 2.75) is 25.8 Å². The monoisotopic (exact) mass is 428 g/mol. The van der Waals surface area contributed by atoms with Gasteiger partial charge in [0.05, 0.1) is 22.7 Å². The summed E-state index contributed by atoms with van der Waals surface area (Å²) in [5.41, 5.74) is 0. The Morgan fingerprint density at radius 3 is 2.89 bits per heavy atom. The Balaban J connectivity index is 1.61. The highest BCUT2D eigenvalue weighted by atomic mass is 32.2. The zero-order chi connectivity index (χ0) is 19.6. The van der Waals surface area contributed by atoms with E-state index in [9.17, 15) is 18.0 Å². The van der Waals surface area contributed by atoms with E-state index in [0.29, 0.717) is 28.0 Å². The van der Waals surface area contributed by atoms with Gasteiger partial charge in [0.15, 0.2) is 9.84 Å². The highest BCUT2D eigenvalue weighted by molar-refractivity contribution is 8.26. The molecule has 2 fully saturated rings. The predicted molar refractivity (Wildman–Crippen MR) is 108 cm³/mol. The molecular weight excluding hydrogens is 408 g/mol. The molecule has 2 aliphatic rings. The Labute approximate surface area is 167 Å². The van der Waals surface area contributed by atoms with E-state index in [-0.39, 0.29) is 42.3 Å². The van der Waals surface area contributed by atoms with Crippen LogP contribution in [0.3, 0.4) is 0 Å². The smallest absolute Gasteiger partial charge is 0.266 e. The van der Waals surface area contributed by atoms with Crippen molar-refractivity contribution in [2.75, 3.05) is 24.6 Å². The molecule has 7 nitrogen and oxygen atoms in total. The second-order valence-electron chi connectivity index (χ2n) is 6.34. The molecular formula is C17H20N2O5S3. The van der Waals surface area contributed by atoms with Crippen molar-refractivity contribution < 1.29 is 22.4 Å². The van der Waals surface area contributed by atoms with Gasteiger partial charge in [0.25, 0.3) is 5.91 Å². The highest BCUT2D eigenvalue weighted by Crippen LogP contribution is 2.32. The van der Waals surface area contributed by atoms with Crippen molar-refractivity contribution in [2.24, 2.45) is 0 Å². The first-order valence-corrected chi connectivity index (χ1v) is 11.6. The topological polar surface area (TPSA) is 87.9 Å². The minimum atomic E-state index is -3.06. The van der Waals surface area contributed by atoms with E-state index in [1.165, 1.54) is 22.9 Å². The number of hydrogen-bond donors (Lipinski definition) is 0. The fourth-order valence-electron chi connectivity index (χ4n) is 3.21. The number of hydrogen-bond acceptors (Lipinski definition) is 7. The van der Waals surface area contributed by atoms with Crippen LogP contribution in [0.4, 0.5) is 0 Å². The van der Waals surface area contributed by atoms with Crippen molar-refractivity contribution in [1.82, 2.24) is 9.80 Å². The Morgan fingerprint density at radius 2 is 2.30 bits per heavy atom. The summed E-state index contributed by atoms with van der Waals surface area (Å²) in [6, 6.07) is 3.19. The summed E-state index contributed by atoms with van der Waals surface area (Å²) in [5, 5.41) is 0. The molecule has 0 aromatic carbocycles. The number of carbonyl (C=O) groups is 2. The maximum absolute atomic E-state index is 12.6. The van der Waals surface area contributed by atoms with Crippen LogP contribution in [-0.2, 0) is 19.4 Å². The molecule has 0 bridgehead atoms. The van der Waals surface area contributed by atoms with Crippen LogP contribution < -0.4 is 0 Å². The maximum Gasteiger partial charge on any atom is 0.266 e. The zero-order valence-corrected chi connectivity index (χ0v) is 17.2. The molecule has 10 heteroatoms. The van der Waals surface area contributed by atoms with E-state index in [0.717, 1.165) is 0 Å². The lowest BCUT2D eigenvalue weighted by Crippen LogP contribution is -2.42. The summed E-state index contributed by atoms with van der Waals surface area (Å²) in [4.78, 5) is 28.6. The number of sulfone groups is 1. The lowest BCUT2D eigenvalue weighted by molar-refractivity contribution is -0.133. The van der Waals surface area contributed by atoms with Crippen molar-refractivity contribution in [3.05, 3.63) is 29.1 Å². The summed E-state index contributed by atoms with van der Waals surface area (Å²) in [5.74, 6) is 0.281. The van der Waals surface area contributed by atoms with Gasteiger partial charge < -0.3 is 9.32 Å². The quantitative estimate of drug-likeness (QED) is 0.505. The first-order chi connectivity index (χ1) is 12.8. The number of rotatable bonds is 6. The molecule has 2 amide bonds. The largest absolute Gasteiger partial charge is 0.465 e. The third-order valence-corrected chi connectivity index (χ3v) is 7.68. The van der Waals surface area contributed by atoms with E-state index < -0.39 is 9.84 Å². The van der Waals surface area contributed by atoms with Crippen LogP contribution in [-0.4, -0.2) is 65.0 Å². The first kappa shape index (κ1) is 20.1. The van der Waals surface area contributed by atoms with Crippen molar-refractivity contribution in [1.29, 1.82) is 0 Å². The summed E-state index contributed by atoms with van der Waals surface area (Å²) in [6.07, 6.45) is 3.72. The van der Waals surface area contributed by atoms with Crippen molar-refractivity contribution in [3.63, 3.8) is 0 Å². The molecule has 0 unspecified atom stereocenters.